The van der Waals surface area contributed by atoms with Gasteiger partial charge in [0, 0.05) is 25.0 Å². The third-order valence-electron chi connectivity index (χ3n) is 4.58. The number of amides is 1. The van der Waals surface area contributed by atoms with Crippen LogP contribution in [-0.2, 0) is 14.6 Å². The molecule has 0 spiro atoms. The van der Waals surface area contributed by atoms with Gasteiger partial charge >= 0.3 is 0 Å². The van der Waals surface area contributed by atoms with Gasteiger partial charge in [0.25, 0.3) is 0 Å². The van der Waals surface area contributed by atoms with Crippen molar-refractivity contribution in [3.63, 3.8) is 0 Å². The van der Waals surface area contributed by atoms with Crippen molar-refractivity contribution in [1.29, 1.82) is 0 Å². The molecule has 3 atom stereocenters. The van der Waals surface area contributed by atoms with Crippen LogP contribution in [0.4, 0.5) is 4.39 Å². The summed E-state index contributed by atoms with van der Waals surface area (Å²) in [5.41, 5.74) is 5.93. The highest BCUT2D eigenvalue weighted by molar-refractivity contribution is 7.91. The van der Waals surface area contributed by atoms with Crippen LogP contribution < -0.4 is 5.73 Å². The Morgan fingerprint density at radius 1 is 1.33 bits per heavy atom. The van der Waals surface area contributed by atoms with Gasteiger partial charge in [-0.25, -0.2) is 12.8 Å². The average Bonchev–Trinajstić information content (AvgIpc) is 2.54. The first-order chi connectivity index (χ1) is 11.2. The Labute approximate surface area is 142 Å². The molecule has 1 fully saturated rings. The fourth-order valence-corrected chi connectivity index (χ4v) is 4.63. The molecule has 7 heteroatoms. The minimum Gasteiger partial charge on any atom is -0.342 e. The van der Waals surface area contributed by atoms with E-state index in [0.29, 0.717) is 13.1 Å². The summed E-state index contributed by atoms with van der Waals surface area (Å²) >= 11 is 0. The standard InChI is InChI=1S/C17H25FN2O3S/c1-12(11-24(22,23)16-7-5-15(18)6-8-16)17(21)20-9-3-4-14(10-20)13(2)19/h5-8,12-14H,3-4,9-11,19H2,1-2H3/t12-,13-,14+/m1/s1. The van der Waals surface area contributed by atoms with Gasteiger partial charge in [0.15, 0.2) is 9.84 Å². The number of carbonyl (C=O) groups is 1. The molecule has 1 aliphatic heterocycles. The van der Waals surface area contributed by atoms with E-state index in [1.165, 1.54) is 12.1 Å². The molecular weight excluding hydrogens is 331 g/mol. The molecule has 24 heavy (non-hydrogen) atoms. The van der Waals surface area contributed by atoms with Gasteiger partial charge in [0.1, 0.15) is 5.82 Å². The maximum absolute atomic E-state index is 12.9. The first-order valence-corrected chi connectivity index (χ1v) is 9.88. The second-order valence-corrected chi connectivity index (χ2v) is 8.72. The van der Waals surface area contributed by atoms with Crippen LogP contribution in [0.15, 0.2) is 29.2 Å². The summed E-state index contributed by atoms with van der Waals surface area (Å²) in [7, 11) is -3.63. The van der Waals surface area contributed by atoms with Crippen molar-refractivity contribution < 1.29 is 17.6 Å². The molecule has 1 aromatic rings. The van der Waals surface area contributed by atoms with E-state index < -0.39 is 21.6 Å². The molecule has 0 saturated carbocycles. The molecule has 2 N–H and O–H groups in total. The van der Waals surface area contributed by atoms with Crippen LogP contribution in [-0.4, -0.2) is 44.1 Å². The Kier molecular flexibility index (Phi) is 5.98. The van der Waals surface area contributed by atoms with Gasteiger partial charge in [-0.3, -0.25) is 4.79 Å². The zero-order chi connectivity index (χ0) is 17.9. The highest BCUT2D eigenvalue weighted by atomic mass is 32.2. The molecule has 0 aliphatic carbocycles. The van der Waals surface area contributed by atoms with Crippen molar-refractivity contribution in [3.8, 4) is 0 Å². The van der Waals surface area contributed by atoms with Crippen LogP contribution in [0, 0.1) is 17.7 Å². The molecule has 0 unspecified atom stereocenters. The molecule has 1 aliphatic rings. The van der Waals surface area contributed by atoms with Crippen LogP contribution in [0.5, 0.6) is 0 Å². The van der Waals surface area contributed by atoms with E-state index in [0.717, 1.165) is 25.0 Å². The van der Waals surface area contributed by atoms with E-state index in [9.17, 15) is 17.6 Å². The Balaban J connectivity index is 2.04. The first kappa shape index (κ1) is 18.9. The summed E-state index contributed by atoms with van der Waals surface area (Å²) in [5, 5.41) is 0. The zero-order valence-electron chi connectivity index (χ0n) is 14.1. The lowest BCUT2D eigenvalue weighted by atomic mass is 9.91. The lowest BCUT2D eigenvalue weighted by Gasteiger charge is -2.36. The van der Waals surface area contributed by atoms with Crippen molar-refractivity contribution in [3.05, 3.63) is 30.1 Å². The van der Waals surface area contributed by atoms with Crippen molar-refractivity contribution in [2.24, 2.45) is 17.6 Å². The van der Waals surface area contributed by atoms with Gasteiger partial charge in [-0.05, 0) is 49.9 Å². The molecule has 0 bridgehead atoms. The van der Waals surface area contributed by atoms with Gasteiger partial charge in [-0.1, -0.05) is 6.92 Å². The maximum Gasteiger partial charge on any atom is 0.226 e. The summed E-state index contributed by atoms with van der Waals surface area (Å²) in [5.74, 6) is -1.33. The third-order valence-corrected chi connectivity index (χ3v) is 6.51. The van der Waals surface area contributed by atoms with Gasteiger partial charge in [-0.15, -0.1) is 0 Å². The van der Waals surface area contributed by atoms with Crippen LogP contribution in [0.25, 0.3) is 0 Å². The lowest BCUT2D eigenvalue weighted by molar-refractivity contribution is -0.136. The van der Waals surface area contributed by atoms with E-state index in [1.54, 1.807) is 11.8 Å². The number of hydrogen-bond donors (Lipinski definition) is 1. The Morgan fingerprint density at radius 3 is 2.54 bits per heavy atom. The minimum absolute atomic E-state index is 0.0128. The Bertz CT molecular complexity index is 674. The monoisotopic (exact) mass is 356 g/mol. The molecular formula is C17H25FN2O3S. The SMILES string of the molecule is C[C@H](CS(=O)(=O)c1ccc(F)cc1)C(=O)N1CCC[C@H]([C@@H](C)N)C1. The molecule has 5 nitrogen and oxygen atoms in total. The highest BCUT2D eigenvalue weighted by Crippen LogP contribution is 2.22. The van der Waals surface area contributed by atoms with E-state index >= 15 is 0 Å². The van der Waals surface area contributed by atoms with Crippen molar-refractivity contribution >= 4 is 15.7 Å². The summed E-state index contributed by atoms with van der Waals surface area (Å²) in [6.45, 7) is 4.78. The molecule has 0 aromatic heterocycles. The Hall–Kier alpha value is -1.47. The molecule has 0 radical (unpaired) electrons. The second kappa shape index (κ2) is 7.61. The zero-order valence-corrected chi connectivity index (χ0v) is 14.9. The molecule has 134 valence electrons. The molecule has 1 heterocycles. The van der Waals surface area contributed by atoms with Crippen molar-refractivity contribution in [2.75, 3.05) is 18.8 Å². The van der Waals surface area contributed by atoms with Gasteiger partial charge < -0.3 is 10.6 Å². The van der Waals surface area contributed by atoms with Gasteiger partial charge in [0.2, 0.25) is 5.91 Å². The summed E-state index contributed by atoms with van der Waals surface area (Å²) in [4.78, 5) is 14.4. The average molecular weight is 356 g/mol. The number of nitrogens with zero attached hydrogens (tertiary/aromatic N) is 1. The third kappa shape index (κ3) is 4.54. The van der Waals surface area contributed by atoms with Crippen LogP contribution >= 0.6 is 0 Å². The number of piperidine rings is 1. The quantitative estimate of drug-likeness (QED) is 0.816. The van der Waals surface area contributed by atoms with E-state index in [4.69, 9.17) is 5.73 Å². The number of nitrogens with two attached hydrogens (primary N) is 1. The Morgan fingerprint density at radius 2 is 1.96 bits per heavy atom. The number of rotatable bonds is 5. The van der Waals surface area contributed by atoms with Gasteiger partial charge in [0.05, 0.1) is 10.6 Å². The molecule has 1 saturated heterocycles. The number of sulfone groups is 1. The number of likely N-dealkylation sites (tertiary alicyclic amines) is 1. The number of halogens is 1. The highest BCUT2D eigenvalue weighted by Gasteiger charge is 2.31. The number of hydrogen-bond acceptors (Lipinski definition) is 4. The number of carbonyl (C=O) groups excluding carboxylic acids is 1. The predicted molar refractivity (Wildman–Crippen MR) is 90.6 cm³/mol. The fourth-order valence-electron chi connectivity index (χ4n) is 3.09. The maximum atomic E-state index is 12.9. The first-order valence-electron chi connectivity index (χ1n) is 8.23. The van der Waals surface area contributed by atoms with E-state index in [2.05, 4.69) is 0 Å². The van der Waals surface area contributed by atoms with Crippen LogP contribution in [0.1, 0.15) is 26.7 Å². The van der Waals surface area contributed by atoms with Crippen LogP contribution in [0.2, 0.25) is 0 Å². The topological polar surface area (TPSA) is 80.5 Å². The summed E-state index contributed by atoms with van der Waals surface area (Å²) in [6, 6.07) is 4.69. The molecule has 1 amide bonds. The van der Waals surface area contributed by atoms with Crippen molar-refractivity contribution in [1.82, 2.24) is 4.90 Å². The fraction of sp³-hybridized carbons (Fsp3) is 0.588. The largest absolute Gasteiger partial charge is 0.342 e. The predicted octanol–water partition coefficient (Wildman–Crippen LogP) is 1.82. The number of benzene rings is 1. The van der Waals surface area contributed by atoms with Gasteiger partial charge in [-0.2, -0.15) is 0 Å². The van der Waals surface area contributed by atoms with Crippen LogP contribution in [0.3, 0.4) is 0 Å². The summed E-state index contributed by atoms with van der Waals surface area (Å²) < 4.78 is 37.7. The minimum atomic E-state index is -3.63. The normalized spacial score (nSPS) is 21.3. The van der Waals surface area contributed by atoms with E-state index in [1.807, 2.05) is 6.92 Å². The molecule has 1 aromatic carbocycles. The van der Waals surface area contributed by atoms with E-state index in [-0.39, 0.29) is 28.5 Å². The second-order valence-electron chi connectivity index (χ2n) is 6.68. The molecule has 2 rings (SSSR count). The smallest absolute Gasteiger partial charge is 0.226 e. The van der Waals surface area contributed by atoms with Crippen molar-refractivity contribution in [2.45, 2.75) is 37.6 Å². The lowest BCUT2D eigenvalue weighted by Crippen LogP contribution is -2.47. The summed E-state index contributed by atoms with van der Waals surface area (Å²) in [6.07, 6.45) is 1.87.